The molecule has 0 unspecified atom stereocenters. The quantitative estimate of drug-likeness (QED) is 0.349. The van der Waals surface area contributed by atoms with E-state index in [1.807, 2.05) is 13.8 Å². The number of rotatable bonds is 2. The number of hydrogen-bond acceptors (Lipinski definition) is 0. The normalized spacial score (nSPS) is 13.4. The first kappa shape index (κ1) is 25.7. The van der Waals surface area contributed by atoms with Crippen LogP contribution in [0.1, 0.15) is 53.4 Å². The van der Waals surface area contributed by atoms with Crippen LogP contribution >= 0.6 is 0 Å². The first-order valence-corrected chi connectivity index (χ1v) is 7.39. The Labute approximate surface area is 151 Å². The molecular formula is C18H30HfN2. The maximum absolute atomic E-state index is 6.45. The third-order valence-corrected chi connectivity index (χ3v) is 2.23. The van der Waals surface area contributed by atoms with Gasteiger partial charge in [0.1, 0.15) is 0 Å². The van der Waals surface area contributed by atoms with E-state index in [1.54, 1.807) is 0 Å². The summed E-state index contributed by atoms with van der Waals surface area (Å²) in [4.78, 5) is 0. The number of allylic oxidation sites excluding steroid dienone is 8. The molecule has 0 heterocycles. The van der Waals surface area contributed by atoms with Gasteiger partial charge in [0.15, 0.2) is 0 Å². The summed E-state index contributed by atoms with van der Waals surface area (Å²) in [5, 5.41) is 0. The van der Waals surface area contributed by atoms with E-state index in [4.69, 9.17) is 11.5 Å². The minimum Gasteiger partial charge on any atom is -0.677 e. The molecule has 0 aromatic heterocycles. The molecule has 0 radical (unpaired) electrons. The van der Waals surface area contributed by atoms with Gasteiger partial charge >= 0.3 is 25.8 Å². The average Bonchev–Trinajstić information content (AvgIpc) is 3.13. The smallest absolute Gasteiger partial charge is 0.677 e. The van der Waals surface area contributed by atoms with Crippen molar-refractivity contribution in [2.75, 3.05) is 13.1 Å². The molecule has 0 saturated heterocycles. The van der Waals surface area contributed by atoms with Crippen molar-refractivity contribution < 1.29 is 25.8 Å². The molecule has 0 fully saturated rings. The minimum atomic E-state index is 0. The van der Waals surface area contributed by atoms with Crippen LogP contribution in [0, 0.1) is 12.2 Å². The Morgan fingerprint density at radius 1 is 0.857 bits per heavy atom. The van der Waals surface area contributed by atoms with E-state index in [0.717, 1.165) is 25.7 Å². The van der Waals surface area contributed by atoms with Crippen molar-refractivity contribution in [3.8, 4) is 0 Å². The van der Waals surface area contributed by atoms with Crippen LogP contribution in [0.4, 0.5) is 0 Å². The predicted octanol–water partition coefficient (Wildman–Crippen LogP) is 6.29. The molecule has 2 aliphatic carbocycles. The van der Waals surface area contributed by atoms with Gasteiger partial charge in [0.05, 0.1) is 0 Å². The summed E-state index contributed by atoms with van der Waals surface area (Å²) in [5.41, 5.74) is 15.4. The Balaban J connectivity index is -0.000000208. The molecule has 2 N–H and O–H groups in total. The Hall–Kier alpha value is -0.250. The fourth-order valence-corrected chi connectivity index (χ4v) is 1.03. The van der Waals surface area contributed by atoms with Gasteiger partial charge in [-0.3, -0.25) is 12.2 Å². The van der Waals surface area contributed by atoms with Crippen LogP contribution in [0.25, 0.3) is 11.5 Å². The van der Waals surface area contributed by atoms with E-state index in [0.29, 0.717) is 13.1 Å². The van der Waals surface area contributed by atoms with Crippen LogP contribution in [0.15, 0.2) is 35.5 Å². The summed E-state index contributed by atoms with van der Waals surface area (Å²) < 4.78 is 0. The zero-order chi connectivity index (χ0) is 15.6. The molecule has 0 aromatic rings. The largest absolute Gasteiger partial charge is 4.00 e. The molecule has 0 spiro atoms. The summed E-state index contributed by atoms with van der Waals surface area (Å²) in [5.74, 6) is 0. The SMILES string of the molecule is CC1=[C-]CC=C1.CC1=[C-]CC=C1.CCC[NH-].CCC[NH-].[Hf+4]. The molecular weight excluding hydrogens is 423 g/mol. The van der Waals surface area contributed by atoms with E-state index in [2.05, 4.69) is 50.3 Å². The van der Waals surface area contributed by atoms with E-state index >= 15 is 0 Å². The molecule has 21 heavy (non-hydrogen) atoms. The second kappa shape index (κ2) is 22.0. The van der Waals surface area contributed by atoms with Crippen LogP contribution in [-0.4, -0.2) is 13.1 Å². The third kappa shape index (κ3) is 25.1. The molecule has 2 rings (SSSR count). The molecule has 3 heteroatoms. The van der Waals surface area contributed by atoms with E-state index in [9.17, 15) is 0 Å². The Kier molecular flexibility index (Phi) is 27.0. The van der Waals surface area contributed by atoms with Crippen LogP contribution in [0.3, 0.4) is 0 Å². The fraction of sp³-hybridized carbons (Fsp3) is 0.556. The van der Waals surface area contributed by atoms with Crippen molar-refractivity contribution in [2.24, 2.45) is 0 Å². The molecule has 0 aliphatic heterocycles. The Bertz CT molecular complexity index is 274. The topological polar surface area (TPSA) is 47.6 Å². The minimum absolute atomic E-state index is 0. The van der Waals surface area contributed by atoms with Crippen molar-refractivity contribution in [2.45, 2.75) is 53.4 Å². The molecule has 0 amide bonds. The van der Waals surface area contributed by atoms with Crippen molar-refractivity contribution >= 4 is 0 Å². The summed E-state index contributed by atoms with van der Waals surface area (Å²) in [6.07, 6.45) is 18.6. The molecule has 0 bridgehead atoms. The van der Waals surface area contributed by atoms with Crippen LogP contribution in [-0.2, 0) is 25.8 Å². The second-order valence-electron chi connectivity index (χ2n) is 4.43. The molecule has 0 aromatic carbocycles. The van der Waals surface area contributed by atoms with Crippen LogP contribution in [0.5, 0.6) is 0 Å². The predicted molar refractivity (Wildman–Crippen MR) is 91.3 cm³/mol. The van der Waals surface area contributed by atoms with Gasteiger partial charge in [0.2, 0.25) is 0 Å². The molecule has 116 valence electrons. The summed E-state index contributed by atoms with van der Waals surface area (Å²) >= 11 is 0. The summed E-state index contributed by atoms with van der Waals surface area (Å²) in [6, 6.07) is 0. The monoisotopic (exact) mass is 454 g/mol. The molecule has 2 nitrogen and oxygen atoms in total. The van der Waals surface area contributed by atoms with Crippen molar-refractivity contribution in [1.29, 1.82) is 0 Å². The van der Waals surface area contributed by atoms with Crippen LogP contribution in [0.2, 0.25) is 0 Å². The molecule has 2 aliphatic rings. The Morgan fingerprint density at radius 3 is 1.19 bits per heavy atom. The summed E-state index contributed by atoms with van der Waals surface area (Å²) in [6.45, 7) is 9.24. The number of nitrogens with one attached hydrogen (secondary N) is 2. The number of hydrogen-bond donors (Lipinski definition) is 0. The van der Waals surface area contributed by atoms with Gasteiger partial charge in [0.25, 0.3) is 0 Å². The van der Waals surface area contributed by atoms with Crippen LogP contribution < -0.4 is 0 Å². The Morgan fingerprint density at radius 2 is 1.14 bits per heavy atom. The van der Waals surface area contributed by atoms with Gasteiger partial charge in [-0.05, 0) is 0 Å². The first-order valence-electron chi connectivity index (χ1n) is 7.39. The first-order chi connectivity index (χ1) is 9.62. The zero-order valence-corrected chi connectivity index (χ0v) is 17.6. The maximum atomic E-state index is 6.45. The average molecular weight is 453 g/mol. The standard InChI is InChI=1S/2C6H7.2C3H8N.Hf/c2*1-6-4-2-3-5-6;2*1-2-3-4;/h2*2,4H,3H2,1H3;2*4H,2-3H2,1H3;/q4*-1;+4. The summed E-state index contributed by atoms with van der Waals surface area (Å²) in [7, 11) is 0. The fourth-order valence-electron chi connectivity index (χ4n) is 1.03. The molecule has 0 atom stereocenters. The van der Waals surface area contributed by atoms with Gasteiger partial charge in [-0.2, -0.15) is 25.2 Å². The van der Waals surface area contributed by atoms with Crippen molar-refractivity contribution in [3.63, 3.8) is 0 Å². The maximum Gasteiger partial charge on any atom is 4.00 e. The zero-order valence-electron chi connectivity index (χ0n) is 14.1. The van der Waals surface area contributed by atoms with Gasteiger partial charge in [-0.15, -0.1) is 12.8 Å². The van der Waals surface area contributed by atoms with Gasteiger partial charge < -0.3 is 11.5 Å². The van der Waals surface area contributed by atoms with E-state index < -0.39 is 0 Å². The van der Waals surface area contributed by atoms with E-state index in [1.165, 1.54) is 11.1 Å². The second-order valence-corrected chi connectivity index (χ2v) is 4.43. The van der Waals surface area contributed by atoms with Gasteiger partial charge in [-0.25, -0.2) is 23.3 Å². The van der Waals surface area contributed by atoms with E-state index in [-0.39, 0.29) is 25.8 Å². The van der Waals surface area contributed by atoms with Gasteiger partial charge in [-0.1, -0.05) is 40.5 Å². The molecule has 0 saturated carbocycles. The van der Waals surface area contributed by atoms with Gasteiger partial charge in [0, 0.05) is 0 Å². The third-order valence-electron chi connectivity index (χ3n) is 2.23. The van der Waals surface area contributed by atoms with Crippen molar-refractivity contribution in [1.82, 2.24) is 0 Å². The van der Waals surface area contributed by atoms with Crippen molar-refractivity contribution in [3.05, 3.63) is 59.1 Å².